The van der Waals surface area contributed by atoms with Crippen LogP contribution in [0, 0.1) is 11.8 Å². The third kappa shape index (κ3) is 8.25. The van der Waals surface area contributed by atoms with E-state index < -0.39 is 0 Å². The summed E-state index contributed by atoms with van der Waals surface area (Å²) in [5.74, 6) is 2.52. The number of amides is 2. The van der Waals surface area contributed by atoms with Crippen LogP contribution in [0.1, 0.15) is 94.2 Å². The van der Waals surface area contributed by atoms with E-state index in [2.05, 4.69) is 120 Å². The van der Waals surface area contributed by atoms with E-state index in [1.807, 2.05) is 13.8 Å². The number of piperidine rings is 1. The van der Waals surface area contributed by atoms with Crippen LogP contribution < -0.4 is 15.0 Å². The van der Waals surface area contributed by atoms with Gasteiger partial charge < -0.3 is 24.4 Å². The molecule has 0 radical (unpaired) electrons. The first-order chi connectivity index (χ1) is 28.3. The third-order valence-electron chi connectivity index (χ3n) is 12.6. The maximum atomic E-state index is 13.8. The summed E-state index contributed by atoms with van der Waals surface area (Å²) in [6.07, 6.45) is 28.4. The number of ether oxygens (including phenoxy) is 3. The second-order valence-electron chi connectivity index (χ2n) is 16.5. The van der Waals surface area contributed by atoms with Crippen molar-refractivity contribution in [3.8, 4) is 5.75 Å². The summed E-state index contributed by atoms with van der Waals surface area (Å²) in [5.41, 5.74) is 7.89. The van der Waals surface area contributed by atoms with Crippen molar-refractivity contribution < 1.29 is 23.8 Å². The van der Waals surface area contributed by atoms with Gasteiger partial charge in [-0.15, -0.1) is 0 Å². The summed E-state index contributed by atoms with van der Waals surface area (Å²) in [7, 11) is 1.72. The Morgan fingerprint density at radius 1 is 1.05 bits per heavy atom. The Morgan fingerprint density at radius 3 is 2.74 bits per heavy atom. The van der Waals surface area contributed by atoms with Gasteiger partial charge in [0, 0.05) is 48.5 Å². The molecule has 5 unspecified atom stereocenters. The lowest BCUT2D eigenvalue weighted by atomic mass is 9.89. The number of nitrogens with one attached hydrogen (secondary N) is 1. The predicted octanol–water partition coefficient (Wildman–Crippen LogP) is 9.95. The monoisotopic (exact) mass is 779 g/mol. The van der Waals surface area contributed by atoms with Crippen molar-refractivity contribution in [1.29, 1.82) is 0 Å². The second-order valence-corrected chi connectivity index (χ2v) is 16.5. The van der Waals surface area contributed by atoms with Crippen LogP contribution in [0.15, 0.2) is 133 Å². The number of imide groups is 1. The van der Waals surface area contributed by atoms with Gasteiger partial charge in [0.25, 0.3) is 0 Å². The zero-order valence-electron chi connectivity index (χ0n) is 34.2. The van der Waals surface area contributed by atoms with Crippen molar-refractivity contribution in [2.45, 2.75) is 102 Å². The number of carbonyl (C=O) groups is 2. The number of fused-ring (bicyclic) bond motifs is 3. The number of carbonyl (C=O) groups excluding carboxylic acids is 2. The van der Waals surface area contributed by atoms with Gasteiger partial charge in [0.1, 0.15) is 17.3 Å². The van der Waals surface area contributed by atoms with Gasteiger partial charge >= 0.3 is 0 Å². The molecule has 58 heavy (non-hydrogen) atoms. The number of nitrogens with zero attached hydrogens (tertiary/aromatic N) is 2. The second kappa shape index (κ2) is 17.6. The summed E-state index contributed by atoms with van der Waals surface area (Å²) in [6, 6.07) is 15.0. The van der Waals surface area contributed by atoms with E-state index in [0.29, 0.717) is 38.3 Å². The Labute approximate surface area is 344 Å². The molecular formula is C50H57N3O5. The van der Waals surface area contributed by atoms with Gasteiger partial charge in [-0.25, -0.2) is 0 Å². The molecule has 6 atom stereocenters. The average Bonchev–Trinajstić information content (AvgIpc) is 3.78. The fourth-order valence-corrected chi connectivity index (χ4v) is 9.44. The minimum absolute atomic E-state index is 0.0284. The lowest BCUT2D eigenvalue weighted by molar-refractivity contribution is -0.152. The summed E-state index contributed by atoms with van der Waals surface area (Å²) in [5, 5.41) is 3.61. The molecule has 8 heteroatoms. The highest BCUT2D eigenvalue weighted by atomic mass is 16.5. The number of benzene rings is 2. The first-order valence-corrected chi connectivity index (χ1v) is 21.2. The lowest BCUT2D eigenvalue weighted by Gasteiger charge is -2.36. The molecule has 6 aliphatic rings. The Hall–Kier alpha value is -5.50. The first kappa shape index (κ1) is 39.3. The van der Waals surface area contributed by atoms with Crippen molar-refractivity contribution >= 4 is 23.1 Å². The third-order valence-corrected chi connectivity index (χ3v) is 12.6. The van der Waals surface area contributed by atoms with Gasteiger partial charge in [-0.2, -0.15) is 0 Å². The number of anilines is 1. The van der Waals surface area contributed by atoms with E-state index in [1.54, 1.807) is 12.0 Å². The van der Waals surface area contributed by atoms with Gasteiger partial charge in [-0.1, -0.05) is 104 Å². The molecular weight excluding hydrogens is 723 g/mol. The number of likely N-dealkylation sites (tertiary alicyclic amines) is 1. The van der Waals surface area contributed by atoms with Crippen LogP contribution in [0.4, 0.5) is 5.69 Å². The van der Waals surface area contributed by atoms with Crippen molar-refractivity contribution in [3.05, 3.63) is 149 Å². The maximum absolute atomic E-state index is 13.8. The van der Waals surface area contributed by atoms with Crippen LogP contribution in [0.5, 0.6) is 5.75 Å². The summed E-state index contributed by atoms with van der Waals surface area (Å²) in [6.45, 7) is 9.53. The molecule has 1 saturated heterocycles. The summed E-state index contributed by atoms with van der Waals surface area (Å²) < 4.78 is 18.8. The van der Waals surface area contributed by atoms with Gasteiger partial charge in [0.15, 0.2) is 6.23 Å². The zero-order valence-corrected chi connectivity index (χ0v) is 34.2. The fourth-order valence-electron chi connectivity index (χ4n) is 9.44. The number of rotatable bonds is 14. The van der Waals surface area contributed by atoms with Crippen LogP contribution >= 0.6 is 0 Å². The topological polar surface area (TPSA) is 80.3 Å². The maximum Gasteiger partial charge on any atom is 0.232 e. The zero-order chi connectivity index (χ0) is 40.2. The molecule has 1 fully saturated rings. The first-order valence-electron chi connectivity index (χ1n) is 21.2. The summed E-state index contributed by atoms with van der Waals surface area (Å²) in [4.78, 5) is 31.0. The molecule has 2 aromatic carbocycles. The van der Waals surface area contributed by atoms with Crippen molar-refractivity contribution in [3.63, 3.8) is 0 Å². The number of hydrogen-bond acceptors (Lipinski definition) is 7. The van der Waals surface area contributed by atoms with E-state index >= 15 is 0 Å². The van der Waals surface area contributed by atoms with E-state index in [-0.39, 0.29) is 42.0 Å². The molecule has 2 amide bonds. The predicted molar refractivity (Wildman–Crippen MR) is 230 cm³/mol. The molecule has 3 heterocycles. The van der Waals surface area contributed by atoms with E-state index in [1.165, 1.54) is 16.8 Å². The molecule has 302 valence electrons. The Morgan fingerprint density at radius 2 is 1.93 bits per heavy atom. The molecule has 0 spiro atoms. The largest absolute Gasteiger partial charge is 0.497 e. The van der Waals surface area contributed by atoms with Crippen molar-refractivity contribution in [2.24, 2.45) is 11.8 Å². The molecule has 3 aliphatic carbocycles. The highest BCUT2D eigenvalue weighted by molar-refractivity contribution is 5.97. The normalized spacial score (nSPS) is 25.1. The number of methoxy groups -OCH3 is 1. The van der Waals surface area contributed by atoms with Gasteiger partial charge in [0.05, 0.1) is 31.4 Å². The van der Waals surface area contributed by atoms with Crippen LogP contribution in [0.3, 0.4) is 0 Å². The van der Waals surface area contributed by atoms with Crippen LogP contribution in [0.25, 0.3) is 5.57 Å². The standard InChI is InChI=1S/C50H57N3O5/c1-33(50(55)53-39(19-13-24-47(53)54)30-36-15-7-5-8-16-36)27-28-57-45-23-14-22-44-48(45)41-20-11-12-21-43(41)52(44)32-37-25-26-40(46(31-37)56-4)34(2)29-42-35(3)58-49(51-42)38-17-9-6-10-18-38/h5-7,9-12,14-15,17,20-23,25-26,31,33,38-39,44,48-49,51H,2,8,13,16,18-19,24,27-30,32H2,1,3-4H3/t33?,38?,39-,44?,48?,49?/m1/s1. The molecule has 1 N–H and O–H groups in total. The molecule has 8 rings (SSSR count). The van der Waals surface area contributed by atoms with Gasteiger partial charge in [-0.05, 0) is 86.8 Å². The molecule has 0 bridgehead atoms. The van der Waals surface area contributed by atoms with E-state index in [0.717, 1.165) is 78.2 Å². The van der Waals surface area contributed by atoms with E-state index in [4.69, 9.17) is 14.2 Å². The molecule has 0 saturated carbocycles. The van der Waals surface area contributed by atoms with Crippen molar-refractivity contribution in [1.82, 2.24) is 10.2 Å². The fraction of sp³-hybridized carbons (Fsp3) is 0.400. The van der Waals surface area contributed by atoms with Crippen LogP contribution in [-0.2, 0) is 25.6 Å². The molecule has 0 aromatic heterocycles. The van der Waals surface area contributed by atoms with Gasteiger partial charge in [0.2, 0.25) is 11.8 Å². The molecule has 2 aromatic rings. The lowest BCUT2D eigenvalue weighted by Crippen LogP contribution is -2.49. The highest BCUT2D eigenvalue weighted by Crippen LogP contribution is 2.48. The Bertz CT molecular complexity index is 2140. The average molecular weight is 780 g/mol. The quantitative estimate of drug-likeness (QED) is 0.205. The van der Waals surface area contributed by atoms with Crippen LogP contribution in [-0.4, -0.2) is 48.7 Å². The highest BCUT2D eigenvalue weighted by Gasteiger charge is 2.41. The molecule has 3 aliphatic heterocycles. The number of hydrogen-bond donors (Lipinski definition) is 1. The Balaban J connectivity index is 0.905. The van der Waals surface area contributed by atoms with E-state index in [9.17, 15) is 9.59 Å². The minimum Gasteiger partial charge on any atom is -0.497 e. The number of allylic oxidation sites excluding steroid dienone is 10. The SMILES string of the molecule is C=C(CC1=C(C)OC(C2C=CC=CC2)N1)c1ccc(CN2c3ccccc3C3C(OCCC(C)C(=O)N4C(=O)CCC[C@@H]4CC4=CC=CCC4)=CC=CC32)cc1OC. The van der Waals surface area contributed by atoms with Gasteiger partial charge in [-0.3, -0.25) is 14.5 Å². The molecule has 8 nitrogen and oxygen atoms in total. The minimum atomic E-state index is -0.321. The smallest absolute Gasteiger partial charge is 0.232 e. The number of para-hydroxylation sites is 1. The van der Waals surface area contributed by atoms with Crippen LogP contribution in [0.2, 0.25) is 0 Å². The van der Waals surface area contributed by atoms with Crippen molar-refractivity contribution in [2.75, 3.05) is 18.6 Å². The summed E-state index contributed by atoms with van der Waals surface area (Å²) >= 11 is 0. The Kier molecular flexibility index (Phi) is 11.9.